The summed E-state index contributed by atoms with van der Waals surface area (Å²) in [5.41, 5.74) is 0.0868. The normalized spacial score (nSPS) is 20.5. The number of nitrogens with one attached hydrogen (secondary N) is 1. The van der Waals surface area contributed by atoms with Crippen molar-refractivity contribution in [2.45, 2.75) is 44.2 Å². The van der Waals surface area contributed by atoms with Crippen molar-refractivity contribution < 1.29 is 27.1 Å². The number of nitrogens with zero attached hydrogens (tertiary/aromatic N) is 4. The highest BCUT2D eigenvalue weighted by Gasteiger charge is 2.35. The molecule has 0 aromatic carbocycles. The first-order valence-corrected chi connectivity index (χ1v) is 8.27. The van der Waals surface area contributed by atoms with E-state index in [1.165, 1.54) is 12.5 Å². The van der Waals surface area contributed by atoms with Gasteiger partial charge in [-0.25, -0.2) is 19.3 Å². The van der Waals surface area contributed by atoms with Crippen molar-refractivity contribution in [3.63, 3.8) is 0 Å². The van der Waals surface area contributed by atoms with Crippen LogP contribution < -0.4 is 5.32 Å². The lowest BCUT2D eigenvalue weighted by atomic mass is 9.93. The zero-order valence-corrected chi connectivity index (χ0v) is 14.3. The maximum absolute atomic E-state index is 14.0. The van der Waals surface area contributed by atoms with Gasteiger partial charge in [0.25, 0.3) is 5.91 Å². The Labute approximate surface area is 151 Å². The average molecular weight is 387 g/mol. The average Bonchev–Trinajstić information content (AvgIpc) is 3.02. The Morgan fingerprint density at radius 2 is 1.96 bits per heavy atom. The molecule has 0 radical (unpaired) electrons. The summed E-state index contributed by atoms with van der Waals surface area (Å²) in [5, 5.41) is 2.62. The summed E-state index contributed by atoms with van der Waals surface area (Å²) in [5.74, 6) is -1.48. The first-order chi connectivity index (χ1) is 12.7. The molecule has 11 heteroatoms. The summed E-state index contributed by atoms with van der Waals surface area (Å²) >= 11 is 0. The fraction of sp³-hybridized carbons (Fsp3) is 0.500. The van der Waals surface area contributed by atoms with Gasteiger partial charge in [0.15, 0.2) is 17.3 Å². The van der Waals surface area contributed by atoms with E-state index in [-0.39, 0.29) is 24.7 Å². The van der Waals surface area contributed by atoms with E-state index in [0.717, 1.165) is 6.20 Å². The Bertz CT molecular complexity index is 815. The lowest BCUT2D eigenvalue weighted by Gasteiger charge is -2.29. The van der Waals surface area contributed by atoms with E-state index in [2.05, 4.69) is 25.0 Å². The number of hydrogen-bond acceptors (Lipinski definition) is 5. The highest BCUT2D eigenvalue weighted by Crippen LogP contribution is 2.28. The van der Waals surface area contributed by atoms with E-state index in [9.17, 15) is 22.4 Å². The molecule has 0 atom stereocenters. The fourth-order valence-corrected chi connectivity index (χ4v) is 2.99. The number of carbonyl (C=O) groups is 1. The number of ether oxygens (including phenoxy) is 1. The lowest BCUT2D eigenvalue weighted by Crippen LogP contribution is -2.40. The van der Waals surface area contributed by atoms with Gasteiger partial charge >= 0.3 is 6.36 Å². The summed E-state index contributed by atoms with van der Waals surface area (Å²) in [6, 6.07) is -0.375. The van der Waals surface area contributed by atoms with Crippen LogP contribution in [0.15, 0.2) is 18.7 Å². The Kier molecular flexibility index (Phi) is 5.40. The molecule has 2 aromatic rings. The third kappa shape index (κ3) is 4.79. The van der Waals surface area contributed by atoms with Crippen molar-refractivity contribution in [3.05, 3.63) is 30.2 Å². The molecule has 146 valence electrons. The van der Waals surface area contributed by atoms with Gasteiger partial charge in [0.1, 0.15) is 5.69 Å². The molecule has 3 rings (SSSR count). The first-order valence-electron chi connectivity index (χ1n) is 8.27. The molecule has 7 nitrogen and oxygen atoms in total. The number of imidazole rings is 1. The molecule has 1 N–H and O–H groups in total. The van der Waals surface area contributed by atoms with Gasteiger partial charge in [-0.05, 0) is 25.7 Å². The van der Waals surface area contributed by atoms with Gasteiger partial charge in [-0.3, -0.25) is 9.53 Å². The molecule has 1 amide bonds. The molecule has 0 bridgehead atoms. The van der Waals surface area contributed by atoms with Crippen molar-refractivity contribution >= 4 is 5.91 Å². The highest BCUT2D eigenvalue weighted by molar-refractivity contribution is 5.93. The standard InChI is InChI=1S/C16H17F4N5O2/c1-25-8-21-7-12(25)14-22-6-11(17)13(24-14)15(26)23-9-2-4-10(5-3-9)27-16(18,19)20/h6-10H,2-5H2,1H3,(H,23,26)/t9-,10-. The Morgan fingerprint density at radius 1 is 1.26 bits per heavy atom. The Balaban J connectivity index is 1.64. The molecule has 0 saturated heterocycles. The molecule has 1 aliphatic rings. The molecule has 1 saturated carbocycles. The zero-order valence-electron chi connectivity index (χ0n) is 14.3. The summed E-state index contributed by atoms with van der Waals surface area (Å²) in [6.07, 6.45) is -0.800. The molecule has 0 unspecified atom stereocenters. The second-order valence-corrected chi connectivity index (χ2v) is 6.29. The van der Waals surface area contributed by atoms with Crippen LogP contribution in [0.1, 0.15) is 36.2 Å². The zero-order chi connectivity index (χ0) is 19.6. The van der Waals surface area contributed by atoms with Crippen LogP contribution in [0, 0.1) is 5.82 Å². The lowest BCUT2D eigenvalue weighted by molar-refractivity contribution is -0.345. The van der Waals surface area contributed by atoms with Crippen molar-refractivity contribution in [2.24, 2.45) is 7.05 Å². The van der Waals surface area contributed by atoms with Crippen LogP contribution >= 0.6 is 0 Å². The highest BCUT2D eigenvalue weighted by atomic mass is 19.4. The summed E-state index contributed by atoms with van der Waals surface area (Å²) in [6.45, 7) is 0. The molecule has 1 aliphatic carbocycles. The number of amides is 1. The van der Waals surface area contributed by atoms with Crippen LogP contribution in [-0.2, 0) is 11.8 Å². The van der Waals surface area contributed by atoms with E-state index in [4.69, 9.17) is 0 Å². The van der Waals surface area contributed by atoms with E-state index in [0.29, 0.717) is 18.5 Å². The second-order valence-electron chi connectivity index (χ2n) is 6.29. The number of carbonyl (C=O) groups excluding carboxylic acids is 1. The molecular formula is C16H17F4N5O2. The minimum atomic E-state index is -4.67. The van der Waals surface area contributed by atoms with Gasteiger partial charge in [-0.1, -0.05) is 0 Å². The molecule has 0 spiro atoms. The van der Waals surface area contributed by atoms with Crippen molar-refractivity contribution in [1.82, 2.24) is 24.8 Å². The summed E-state index contributed by atoms with van der Waals surface area (Å²) < 4.78 is 56.4. The van der Waals surface area contributed by atoms with Crippen molar-refractivity contribution in [1.29, 1.82) is 0 Å². The van der Waals surface area contributed by atoms with Crippen LogP contribution in [-0.4, -0.2) is 43.9 Å². The van der Waals surface area contributed by atoms with Gasteiger partial charge in [-0.15, -0.1) is 13.2 Å². The SMILES string of the molecule is Cn1cncc1-c1ncc(F)c(C(=O)N[C@H]2CC[C@H](OC(F)(F)F)CC2)n1. The minimum Gasteiger partial charge on any atom is -0.348 e. The fourth-order valence-electron chi connectivity index (χ4n) is 2.99. The third-order valence-electron chi connectivity index (χ3n) is 4.31. The predicted octanol–water partition coefficient (Wildman–Crippen LogP) is 2.59. The third-order valence-corrected chi connectivity index (χ3v) is 4.31. The van der Waals surface area contributed by atoms with E-state index in [1.54, 1.807) is 11.6 Å². The maximum Gasteiger partial charge on any atom is 0.522 e. The number of rotatable bonds is 4. The second kappa shape index (κ2) is 7.59. The Hall–Kier alpha value is -2.56. The minimum absolute atomic E-state index is 0.142. The molecule has 1 fully saturated rings. The van der Waals surface area contributed by atoms with Crippen LogP contribution in [0.2, 0.25) is 0 Å². The summed E-state index contributed by atoms with van der Waals surface area (Å²) in [4.78, 5) is 24.1. The van der Waals surface area contributed by atoms with Gasteiger partial charge in [0.2, 0.25) is 0 Å². The molecule has 27 heavy (non-hydrogen) atoms. The quantitative estimate of drug-likeness (QED) is 0.816. The molecule has 2 aromatic heterocycles. The predicted molar refractivity (Wildman–Crippen MR) is 84.8 cm³/mol. The van der Waals surface area contributed by atoms with Crippen LogP contribution in [0.25, 0.3) is 11.5 Å². The van der Waals surface area contributed by atoms with Crippen molar-refractivity contribution in [2.75, 3.05) is 0 Å². The van der Waals surface area contributed by atoms with Crippen LogP contribution in [0.3, 0.4) is 0 Å². The number of alkyl halides is 3. The van der Waals surface area contributed by atoms with E-state index >= 15 is 0 Å². The van der Waals surface area contributed by atoms with Gasteiger partial charge in [-0.2, -0.15) is 0 Å². The molecule has 2 heterocycles. The molecule has 0 aliphatic heterocycles. The topological polar surface area (TPSA) is 81.9 Å². The Morgan fingerprint density at radius 3 is 2.56 bits per heavy atom. The monoisotopic (exact) mass is 387 g/mol. The largest absolute Gasteiger partial charge is 0.522 e. The number of aromatic nitrogens is 4. The van der Waals surface area contributed by atoms with Crippen LogP contribution in [0.4, 0.5) is 17.6 Å². The number of halogens is 4. The first kappa shape index (κ1) is 19.2. The number of hydrogen-bond donors (Lipinski definition) is 1. The van der Waals surface area contributed by atoms with Crippen molar-refractivity contribution in [3.8, 4) is 11.5 Å². The smallest absolute Gasteiger partial charge is 0.348 e. The molecular weight excluding hydrogens is 370 g/mol. The van der Waals surface area contributed by atoms with E-state index in [1.807, 2.05) is 0 Å². The van der Waals surface area contributed by atoms with Gasteiger partial charge < -0.3 is 9.88 Å². The number of aryl methyl sites for hydroxylation is 1. The van der Waals surface area contributed by atoms with Crippen LogP contribution in [0.5, 0.6) is 0 Å². The van der Waals surface area contributed by atoms with Gasteiger partial charge in [0, 0.05) is 13.1 Å². The van der Waals surface area contributed by atoms with E-state index < -0.39 is 29.9 Å². The maximum atomic E-state index is 14.0. The van der Waals surface area contributed by atoms with Gasteiger partial charge in [0.05, 0.1) is 24.8 Å². The summed E-state index contributed by atoms with van der Waals surface area (Å²) in [7, 11) is 1.70.